The molecule has 0 aromatic heterocycles. The van der Waals surface area contributed by atoms with Gasteiger partial charge in [0.2, 0.25) is 0 Å². The van der Waals surface area contributed by atoms with Gasteiger partial charge >= 0.3 is 0 Å². The highest BCUT2D eigenvalue weighted by atomic mass is 17.2. The van der Waals surface area contributed by atoms with Crippen molar-refractivity contribution in [3.8, 4) is 0 Å². The molecular weight excluding hydrogens is 80.0 g/mol. The van der Waals surface area contributed by atoms with Crippen LogP contribution in [0.2, 0.25) is 0 Å². The number of hydrogen-bond donors (Lipinski definition) is 2. The maximum Gasteiger partial charge on any atom is 0.154 e. The fourth-order valence-corrected chi connectivity index (χ4v) is 0. The predicted molar refractivity (Wildman–Crippen MR) is 12.0 cm³/mol. The maximum atomic E-state index is 7.88. The molecule has 0 spiro atoms. The first-order valence-corrected chi connectivity index (χ1v) is 0.533. The predicted octanol–water partition coefficient (Wildman–Crippen LogP) is -1.10. The molecule has 0 rings (SSSR count). The first kappa shape index (κ1) is 8.85. The summed E-state index contributed by atoms with van der Waals surface area (Å²) in [7, 11) is 0. The molecule has 5 heteroatoms. The van der Waals surface area contributed by atoms with Crippen molar-refractivity contribution in [2.75, 3.05) is 0 Å². The summed E-state index contributed by atoms with van der Waals surface area (Å²) < 4.78 is 1.75. The molecule has 0 aromatic carbocycles. The summed E-state index contributed by atoms with van der Waals surface area (Å²) in [5.74, 6) is 0. The Hall–Kier alpha value is -0.680. The van der Waals surface area contributed by atoms with Crippen LogP contribution in [0.15, 0.2) is 0 Å². The lowest BCUT2D eigenvalue weighted by Crippen LogP contribution is -1.82. The average molecular weight is 82.0 g/mol. The normalized spacial score (nSPS) is 3.60. The van der Waals surface area contributed by atoms with Gasteiger partial charge < -0.3 is 0 Å². The minimum absolute atomic E-state index is 1.75. The minimum Gasteiger partial charge on any atom is -0.255 e. The average Bonchev–Trinajstić information content (AvgIpc) is 1.46. The molecule has 0 aliphatic heterocycles. The van der Waals surface area contributed by atoms with Crippen LogP contribution in [-0.2, 0) is 0 Å². The third-order valence-electron chi connectivity index (χ3n) is 0. The molecule has 0 aliphatic carbocycles. The number of hydrogen-bond acceptors (Lipinski definition) is 4. The van der Waals surface area contributed by atoms with Crippen LogP contribution < -0.4 is 5.26 Å². The van der Waals surface area contributed by atoms with Crippen LogP contribution in [0, 0.1) is 9.71 Å². The Balaban J connectivity index is 0. The molecule has 5 heavy (non-hydrogen) atoms. The van der Waals surface area contributed by atoms with Crippen LogP contribution in [0.4, 0.5) is 0 Å². The molecular formula is H2O5. The van der Waals surface area contributed by atoms with Crippen molar-refractivity contribution in [3.63, 3.8) is 0 Å². The molecule has 0 saturated carbocycles. The minimum atomic E-state index is 1.75. The van der Waals surface area contributed by atoms with Crippen molar-refractivity contribution in [2.24, 2.45) is 0 Å². The van der Waals surface area contributed by atoms with Crippen LogP contribution in [0.5, 0.6) is 0 Å². The SMILES string of the molecule is O=[O+][O-].OO. The smallest absolute Gasteiger partial charge is 0.154 e. The lowest BCUT2D eigenvalue weighted by molar-refractivity contribution is -0.284. The van der Waals surface area contributed by atoms with Crippen molar-refractivity contribution in [2.45, 2.75) is 0 Å². The zero-order chi connectivity index (χ0) is 4.71. The molecule has 0 bridgehead atoms. The Morgan fingerprint density at radius 3 is 1.60 bits per heavy atom. The fourth-order valence-electron chi connectivity index (χ4n) is 0. The van der Waals surface area contributed by atoms with Gasteiger partial charge in [-0.15, -0.1) is 0 Å². The third kappa shape index (κ3) is 12.5. The van der Waals surface area contributed by atoms with Gasteiger partial charge in [-0.25, -0.2) is 0 Å². The van der Waals surface area contributed by atoms with Crippen LogP contribution >= 0.6 is 0 Å². The molecule has 5 nitrogen and oxygen atoms in total. The van der Waals surface area contributed by atoms with Crippen molar-refractivity contribution < 1.29 is 15.8 Å². The van der Waals surface area contributed by atoms with Gasteiger partial charge in [0.05, 0.1) is 0 Å². The van der Waals surface area contributed by atoms with Crippen molar-refractivity contribution in [1.29, 1.82) is 0 Å². The summed E-state index contributed by atoms with van der Waals surface area (Å²) in [6, 6.07) is 0. The van der Waals surface area contributed by atoms with E-state index < -0.39 is 0 Å². The Kier molecular flexibility index (Phi) is 309. The van der Waals surface area contributed by atoms with E-state index in [2.05, 4.69) is 0 Å². The summed E-state index contributed by atoms with van der Waals surface area (Å²) >= 11 is 0. The van der Waals surface area contributed by atoms with Crippen molar-refractivity contribution in [1.82, 2.24) is 0 Å². The summed E-state index contributed by atoms with van der Waals surface area (Å²) in [6.07, 6.45) is 0. The van der Waals surface area contributed by atoms with Gasteiger partial charge in [0.15, 0.2) is 4.75 Å². The maximum absolute atomic E-state index is 7.88. The fraction of sp³-hybridized carbons (Fsp3) is 0. The Labute approximate surface area is 26.9 Å². The monoisotopic (exact) mass is 82.0 g/mol. The van der Waals surface area contributed by atoms with Crippen LogP contribution in [0.25, 0.3) is 0 Å². The molecule has 0 aliphatic rings. The lowest BCUT2D eigenvalue weighted by atomic mass is 14.8. The van der Waals surface area contributed by atoms with Crippen molar-refractivity contribution >= 4 is 0 Å². The summed E-state index contributed by atoms with van der Waals surface area (Å²) in [5.41, 5.74) is 0. The molecule has 0 saturated heterocycles. The molecule has 0 atom stereocenters. The Morgan fingerprint density at radius 2 is 1.60 bits per heavy atom. The highest BCUT2D eigenvalue weighted by Crippen LogP contribution is 1.00. The van der Waals surface area contributed by atoms with Gasteiger partial charge in [0.1, 0.15) is 0 Å². The van der Waals surface area contributed by atoms with Gasteiger partial charge in [0, 0.05) is 0 Å². The van der Waals surface area contributed by atoms with Crippen LogP contribution in [-0.4, -0.2) is 10.5 Å². The second-order valence-electron chi connectivity index (χ2n) is 0.0680. The van der Waals surface area contributed by atoms with E-state index in [1.807, 2.05) is 0 Å². The molecule has 0 amide bonds. The first-order chi connectivity index (χ1) is 2.41. The Bertz CT molecular complexity index is 7.51. The van der Waals surface area contributed by atoms with E-state index in [0.29, 0.717) is 0 Å². The van der Waals surface area contributed by atoms with E-state index in [-0.39, 0.29) is 0 Å². The van der Waals surface area contributed by atoms with Gasteiger partial charge in [-0.3, -0.25) is 10.5 Å². The highest BCUT2D eigenvalue weighted by molar-refractivity contribution is 4.20. The second kappa shape index (κ2) is 175. The topological polar surface area (TPSA) is 91.9 Å². The van der Waals surface area contributed by atoms with E-state index >= 15 is 0 Å². The molecule has 0 heterocycles. The van der Waals surface area contributed by atoms with Crippen LogP contribution in [0.3, 0.4) is 0 Å². The third-order valence-corrected chi connectivity index (χ3v) is 0. The van der Waals surface area contributed by atoms with E-state index in [0.717, 1.165) is 0 Å². The molecule has 0 fully saturated rings. The van der Waals surface area contributed by atoms with E-state index in [1.54, 1.807) is 4.75 Å². The second-order valence-corrected chi connectivity index (χ2v) is 0.0680. The lowest BCUT2D eigenvalue weighted by Gasteiger charge is -1.25. The van der Waals surface area contributed by atoms with Gasteiger partial charge in [-0.2, -0.15) is 0 Å². The van der Waals surface area contributed by atoms with E-state index in [9.17, 15) is 0 Å². The Morgan fingerprint density at radius 1 is 1.60 bits per heavy atom. The summed E-state index contributed by atoms with van der Waals surface area (Å²) in [4.78, 5) is 7.88. The molecule has 2 N–H and O–H groups in total. The van der Waals surface area contributed by atoms with Crippen molar-refractivity contribution in [3.05, 3.63) is 9.71 Å². The summed E-state index contributed by atoms with van der Waals surface area (Å²) in [6.45, 7) is 0. The quantitative estimate of drug-likeness (QED) is 0.220. The van der Waals surface area contributed by atoms with Gasteiger partial charge in [-0.05, 0) is 0 Å². The summed E-state index contributed by atoms with van der Waals surface area (Å²) in [5, 5.41) is 19.9. The zero-order valence-corrected chi connectivity index (χ0v) is 2.12. The number of rotatable bonds is 0. The molecule has 0 radical (unpaired) electrons. The van der Waals surface area contributed by atoms with Gasteiger partial charge in [-0.1, -0.05) is 10.2 Å². The van der Waals surface area contributed by atoms with E-state index in [4.69, 9.17) is 20.7 Å². The standard InChI is InChI=1S/O3.H2O2/c1-3-2;1-2/h;1-2H. The molecule has 0 aromatic rings. The molecule has 32 valence electrons. The first-order valence-electron chi connectivity index (χ1n) is 0.533. The van der Waals surface area contributed by atoms with Crippen LogP contribution in [0.1, 0.15) is 0 Å². The zero-order valence-electron chi connectivity index (χ0n) is 2.12. The molecule has 0 unspecified atom stereocenters. The largest absolute Gasteiger partial charge is 0.255 e. The van der Waals surface area contributed by atoms with E-state index in [1.165, 1.54) is 0 Å². The highest BCUT2D eigenvalue weighted by Gasteiger charge is 1.27. The van der Waals surface area contributed by atoms with Gasteiger partial charge in [0.25, 0.3) is 0 Å².